The summed E-state index contributed by atoms with van der Waals surface area (Å²) in [5.41, 5.74) is 6.13. The SMILES string of the molecule is N=C(N)Cc1nc(CSCCC(=O)NS(N)(=O)=O)cs1. The van der Waals surface area contributed by atoms with Crippen LogP contribution in [0.4, 0.5) is 0 Å². The molecule has 0 unspecified atom stereocenters. The number of hydrogen-bond acceptors (Lipinski definition) is 7. The van der Waals surface area contributed by atoms with E-state index in [1.165, 1.54) is 23.1 Å². The minimum atomic E-state index is -3.97. The first-order chi connectivity index (χ1) is 9.26. The minimum absolute atomic E-state index is 0.0610. The van der Waals surface area contributed by atoms with E-state index < -0.39 is 16.1 Å². The summed E-state index contributed by atoms with van der Waals surface area (Å²) in [5.74, 6) is 0.506. The van der Waals surface area contributed by atoms with Crippen LogP contribution in [0.25, 0.3) is 0 Å². The van der Waals surface area contributed by atoms with Crippen molar-refractivity contribution in [2.45, 2.75) is 18.6 Å². The summed E-state index contributed by atoms with van der Waals surface area (Å²) < 4.78 is 22.9. The number of amides is 1. The molecule has 0 aliphatic carbocycles. The predicted molar refractivity (Wildman–Crippen MR) is 79.8 cm³/mol. The van der Waals surface area contributed by atoms with Crippen molar-refractivity contribution in [3.63, 3.8) is 0 Å². The summed E-state index contributed by atoms with van der Waals surface area (Å²) in [6.07, 6.45) is 0.400. The van der Waals surface area contributed by atoms with E-state index >= 15 is 0 Å². The van der Waals surface area contributed by atoms with Crippen LogP contribution in [-0.2, 0) is 27.2 Å². The lowest BCUT2D eigenvalue weighted by Gasteiger charge is -2.01. The molecule has 1 aromatic heterocycles. The van der Waals surface area contributed by atoms with Crippen LogP contribution in [0.2, 0.25) is 0 Å². The number of thiazole rings is 1. The number of aromatic nitrogens is 1. The first kappa shape index (κ1) is 16.9. The van der Waals surface area contributed by atoms with Gasteiger partial charge in [-0.3, -0.25) is 10.2 Å². The molecule has 0 spiro atoms. The first-order valence-corrected chi connectivity index (χ1v) is 9.01. The Kier molecular flexibility index (Phi) is 6.39. The number of carbonyl (C=O) groups excluding carboxylic acids is 1. The Morgan fingerprint density at radius 1 is 1.55 bits per heavy atom. The van der Waals surface area contributed by atoms with Gasteiger partial charge < -0.3 is 5.73 Å². The second kappa shape index (κ2) is 7.57. The Labute approximate surface area is 125 Å². The first-order valence-electron chi connectivity index (χ1n) is 5.43. The van der Waals surface area contributed by atoms with Gasteiger partial charge in [0.25, 0.3) is 10.2 Å². The molecule has 0 aromatic carbocycles. The average Bonchev–Trinajstić information content (AvgIpc) is 2.68. The van der Waals surface area contributed by atoms with Gasteiger partial charge >= 0.3 is 0 Å². The average molecular weight is 337 g/mol. The fraction of sp³-hybridized carbons (Fsp3) is 0.444. The Morgan fingerprint density at radius 3 is 2.85 bits per heavy atom. The van der Waals surface area contributed by atoms with Gasteiger partial charge in [0.1, 0.15) is 5.01 Å². The van der Waals surface area contributed by atoms with Crippen LogP contribution in [0.15, 0.2) is 5.38 Å². The van der Waals surface area contributed by atoms with Gasteiger partial charge in [0.15, 0.2) is 0 Å². The lowest BCUT2D eigenvalue weighted by molar-refractivity contribution is -0.118. The van der Waals surface area contributed by atoms with E-state index in [0.29, 0.717) is 17.9 Å². The Morgan fingerprint density at radius 2 is 2.25 bits per heavy atom. The fourth-order valence-corrected chi connectivity index (χ4v) is 3.38. The van der Waals surface area contributed by atoms with Crippen molar-refractivity contribution in [2.75, 3.05) is 5.75 Å². The number of nitrogens with one attached hydrogen (secondary N) is 2. The van der Waals surface area contributed by atoms with Gasteiger partial charge in [0.2, 0.25) is 5.91 Å². The van der Waals surface area contributed by atoms with Gasteiger partial charge in [-0.05, 0) is 0 Å². The topological polar surface area (TPSA) is 152 Å². The molecule has 1 heterocycles. The molecule has 0 aliphatic rings. The molecule has 0 atom stereocenters. The van der Waals surface area contributed by atoms with E-state index in [1.807, 2.05) is 5.38 Å². The van der Waals surface area contributed by atoms with Gasteiger partial charge in [-0.2, -0.15) is 20.2 Å². The summed E-state index contributed by atoms with van der Waals surface area (Å²) in [7, 11) is -3.97. The predicted octanol–water partition coefficient (Wildman–Crippen LogP) is -0.435. The zero-order valence-corrected chi connectivity index (χ0v) is 12.9. The van der Waals surface area contributed by atoms with Gasteiger partial charge in [-0.1, -0.05) is 0 Å². The van der Waals surface area contributed by atoms with Crippen LogP contribution < -0.4 is 15.6 Å². The maximum absolute atomic E-state index is 11.2. The van der Waals surface area contributed by atoms with Crippen LogP contribution in [0, 0.1) is 5.41 Å². The minimum Gasteiger partial charge on any atom is -0.387 e. The third kappa shape index (κ3) is 7.43. The number of amidine groups is 1. The van der Waals surface area contributed by atoms with Crippen molar-refractivity contribution in [2.24, 2.45) is 10.9 Å². The summed E-state index contributed by atoms with van der Waals surface area (Å²) in [4.78, 5) is 15.4. The number of nitrogens with zero attached hydrogens (tertiary/aromatic N) is 1. The van der Waals surface area contributed by atoms with Gasteiger partial charge in [0, 0.05) is 23.3 Å². The highest BCUT2D eigenvalue weighted by Gasteiger charge is 2.09. The van der Waals surface area contributed by atoms with E-state index in [4.69, 9.17) is 11.1 Å². The molecule has 1 amide bonds. The monoisotopic (exact) mass is 337 g/mol. The maximum atomic E-state index is 11.2. The molecule has 11 heteroatoms. The van der Waals surface area contributed by atoms with Crippen molar-refractivity contribution in [1.82, 2.24) is 9.71 Å². The van der Waals surface area contributed by atoms with Crippen LogP contribution in [0.5, 0.6) is 0 Å². The zero-order chi connectivity index (χ0) is 15.2. The van der Waals surface area contributed by atoms with Crippen LogP contribution >= 0.6 is 23.1 Å². The number of thioether (sulfide) groups is 1. The van der Waals surface area contributed by atoms with E-state index in [2.05, 4.69) is 10.1 Å². The molecule has 0 radical (unpaired) electrons. The molecule has 8 nitrogen and oxygen atoms in total. The van der Waals surface area contributed by atoms with Gasteiger partial charge in [-0.15, -0.1) is 11.3 Å². The quantitative estimate of drug-likeness (QED) is 0.287. The third-order valence-corrected chi connectivity index (χ3v) is 4.32. The third-order valence-electron chi connectivity index (χ3n) is 1.92. The van der Waals surface area contributed by atoms with E-state index in [9.17, 15) is 13.2 Å². The van der Waals surface area contributed by atoms with Gasteiger partial charge in [-0.25, -0.2) is 14.8 Å². The molecule has 0 saturated heterocycles. The van der Waals surface area contributed by atoms with Crippen molar-refractivity contribution < 1.29 is 13.2 Å². The number of carbonyl (C=O) groups is 1. The summed E-state index contributed by atoms with van der Waals surface area (Å²) in [5, 5.41) is 14.5. The van der Waals surface area contributed by atoms with Crippen LogP contribution in [0.3, 0.4) is 0 Å². The van der Waals surface area contributed by atoms with Gasteiger partial charge in [0.05, 0.1) is 18.0 Å². The lowest BCUT2D eigenvalue weighted by atomic mass is 10.4. The molecule has 0 saturated carbocycles. The second-order valence-electron chi connectivity index (χ2n) is 3.81. The molecule has 0 bridgehead atoms. The molecule has 1 rings (SSSR count). The largest absolute Gasteiger partial charge is 0.387 e. The molecular formula is C9H15N5O3S3. The maximum Gasteiger partial charge on any atom is 0.298 e. The zero-order valence-electron chi connectivity index (χ0n) is 10.5. The van der Waals surface area contributed by atoms with Crippen molar-refractivity contribution >= 4 is 45.1 Å². The Hall–Kier alpha value is -1.17. The second-order valence-corrected chi connectivity index (χ2v) is 7.15. The standard InChI is InChI=1S/C9H15N5O3S3/c10-7(11)3-9-13-6(5-19-9)4-18-2-1-8(15)14-20(12,16)17/h5H,1-4H2,(H3,10,11)(H,14,15)(H2,12,16,17). The van der Waals surface area contributed by atoms with E-state index in [-0.39, 0.29) is 12.3 Å². The molecule has 0 fully saturated rings. The Bertz CT molecular complexity index is 583. The summed E-state index contributed by atoms with van der Waals surface area (Å²) in [6.45, 7) is 0. The summed E-state index contributed by atoms with van der Waals surface area (Å²) in [6, 6.07) is 0. The van der Waals surface area contributed by atoms with Crippen LogP contribution in [0.1, 0.15) is 17.1 Å². The number of nitrogens with two attached hydrogens (primary N) is 2. The van der Waals surface area contributed by atoms with E-state index in [0.717, 1.165) is 10.7 Å². The number of hydrogen-bond donors (Lipinski definition) is 4. The molecule has 0 aliphatic heterocycles. The molecular weight excluding hydrogens is 322 g/mol. The molecule has 1 aromatic rings. The lowest BCUT2D eigenvalue weighted by Crippen LogP contribution is -2.36. The molecule has 6 N–H and O–H groups in total. The van der Waals surface area contributed by atoms with E-state index in [1.54, 1.807) is 4.72 Å². The molecule has 112 valence electrons. The highest BCUT2D eigenvalue weighted by Crippen LogP contribution is 2.16. The summed E-state index contributed by atoms with van der Waals surface area (Å²) >= 11 is 2.89. The smallest absolute Gasteiger partial charge is 0.298 e. The molecule has 20 heavy (non-hydrogen) atoms. The van der Waals surface area contributed by atoms with Crippen molar-refractivity contribution in [1.29, 1.82) is 5.41 Å². The van der Waals surface area contributed by atoms with Crippen molar-refractivity contribution in [3.05, 3.63) is 16.1 Å². The van der Waals surface area contributed by atoms with Crippen molar-refractivity contribution in [3.8, 4) is 0 Å². The Balaban J connectivity index is 2.26. The fourth-order valence-electron chi connectivity index (χ4n) is 1.21. The highest BCUT2D eigenvalue weighted by molar-refractivity contribution is 7.98. The van der Waals surface area contributed by atoms with Crippen LogP contribution in [-0.4, -0.2) is 30.9 Å². The highest BCUT2D eigenvalue weighted by atomic mass is 32.2. The normalized spacial score (nSPS) is 11.2. The number of rotatable bonds is 8.